The molecule has 1 aliphatic rings. The van der Waals surface area contributed by atoms with Gasteiger partial charge < -0.3 is 5.32 Å². The number of halogens is 1. The average molecular weight is 249 g/mol. The zero-order valence-electron chi connectivity index (χ0n) is 9.40. The fraction of sp³-hybridized carbons (Fsp3) is 0.333. The minimum Gasteiger partial charge on any atom is -0.358 e. The van der Waals surface area contributed by atoms with Gasteiger partial charge in [-0.2, -0.15) is 9.36 Å². The van der Waals surface area contributed by atoms with Gasteiger partial charge >= 0.3 is 0 Å². The van der Waals surface area contributed by atoms with E-state index in [2.05, 4.69) is 14.7 Å². The molecule has 0 radical (unpaired) electrons. The molecular weight excluding hydrogens is 237 g/mol. The maximum absolute atomic E-state index is 13.4. The standard InChI is InChI=1S/C12H12FN3S/c1-7-2-3-8(6-10(7)13)11-15-12(17-16-11)14-9-4-5-9/h2-3,6,9H,4-5H2,1H3,(H,14,15,16). The predicted molar refractivity (Wildman–Crippen MR) is 66.7 cm³/mol. The molecule has 2 aromatic rings. The molecule has 0 spiro atoms. The number of hydrogen-bond acceptors (Lipinski definition) is 4. The summed E-state index contributed by atoms with van der Waals surface area (Å²) in [6.07, 6.45) is 2.40. The van der Waals surface area contributed by atoms with Crippen LogP contribution in [0, 0.1) is 12.7 Å². The van der Waals surface area contributed by atoms with Crippen LogP contribution in [0.25, 0.3) is 11.4 Å². The first-order valence-corrected chi connectivity index (χ1v) is 6.36. The van der Waals surface area contributed by atoms with Crippen LogP contribution in [0.15, 0.2) is 18.2 Å². The van der Waals surface area contributed by atoms with Crippen LogP contribution in [0.5, 0.6) is 0 Å². The van der Waals surface area contributed by atoms with Gasteiger partial charge in [0, 0.05) is 23.1 Å². The Morgan fingerprint density at radius 1 is 1.41 bits per heavy atom. The highest BCUT2D eigenvalue weighted by atomic mass is 32.1. The van der Waals surface area contributed by atoms with Crippen LogP contribution in [0.2, 0.25) is 0 Å². The van der Waals surface area contributed by atoms with Gasteiger partial charge in [-0.3, -0.25) is 0 Å². The van der Waals surface area contributed by atoms with Gasteiger partial charge in [0.1, 0.15) is 5.82 Å². The van der Waals surface area contributed by atoms with E-state index in [1.54, 1.807) is 13.0 Å². The van der Waals surface area contributed by atoms with E-state index in [0.717, 1.165) is 10.7 Å². The van der Waals surface area contributed by atoms with Crippen LogP contribution >= 0.6 is 11.5 Å². The first-order valence-electron chi connectivity index (χ1n) is 5.59. The summed E-state index contributed by atoms with van der Waals surface area (Å²) >= 11 is 1.33. The summed E-state index contributed by atoms with van der Waals surface area (Å²) in [5.74, 6) is 0.381. The highest BCUT2D eigenvalue weighted by Crippen LogP contribution is 2.28. The maximum atomic E-state index is 13.4. The molecular formula is C12H12FN3S. The summed E-state index contributed by atoms with van der Waals surface area (Å²) in [5, 5.41) is 4.11. The lowest BCUT2D eigenvalue weighted by Gasteiger charge is -1.99. The van der Waals surface area contributed by atoms with Crippen molar-refractivity contribution in [3.8, 4) is 11.4 Å². The smallest absolute Gasteiger partial charge is 0.203 e. The number of hydrogen-bond donors (Lipinski definition) is 1. The Kier molecular flexibility index (Phi) is 2.55. The van der Waals surface area contributed by atoms with Crippen molar-refractivity contribution in [1.82, 2.24) is 9.36 Å². The molecule has 1 heterocycles. The van der Waals surface area contributed by atoms with Crippen molar-refractivity contribution in [3.63, 3.8) is 0 Å². The van der Waals surface area contributed by atoms with Crippen molar-refractivity contribution in [3.05, 3.63) is 29.6 Å². The maximum Gasteiger partial charge on any atom is 0.203 e. The Balaban J connectivity index is 1.86. The Labute approximate surface area is 103 Å². The lowest BCUT2D eigenvalue weighted by atomic mass is 10.1. The summed E-state index contributed by atoms with van der Waals surface area (Å²) in [4.78, 5) is 4.36. The Morgan fingerprint density at radius 3 is 2.94 bits per heavy atom. The molecule has 3 rings (SSSR count). The van der Waals surface area contributed by atoms with Crippen LogP contribution < -0.4 is 5.32 Å². The number of nitrogens with one attached hydrogen (secondary N) is 1. The minimum absolute atomic E-state index is 0.214. The Hall–Kier alpha value is -1.49. The predicted octanol–water partition coefficient (Wildman–Crippen LogP) is 3.23. The molecule has 0 amide bonds. The van der Waals surface area contributed by atoms with Crippen molar-refractivity contribution >= 4 is 16.7 Å². The van der Waals surface area contributed by atoms with Crippen molar-refractivity contribution < 1.29 is 4.39 Å². The van der Waals surface area contributed by atoms with Crippen LogP contribution in [-0.4, -0.2) is 15.4 Å². The molecule has 0 saturated heterocycles. The first-order chi connectivity index (χ1) is 8.22. The fourth-order valence-electron chi connectivity index (χ4n) is 1.53. The summed E-state index contributed by atoms with van der Waals surface area (Å²) < 4.78 is 17.7. The number of rotatable bonds is 3. The second kappa shape index (κ2) is 4.07. The van der Waals surface area contributed by atoms with E-state index in [1.807, 2.05) is 6.07 Å². The third-order valence-corrected chi connectivity index (χ3v) is 3.41. The molecule has 3 nitrogen and oxygen atoms in total. The molecule has 5 heteroatoms. The van der Waals surface area contributed by atoms with Gasteiger partial charge in [-0.05, 0) is 31.4 Å². The summed E-state index contributed by atoms with van der Waals surface area (Å²) in [7, 11) is 0. The van der Waals surface area contributed by atoms with Gasteiger partial charge in [0.2, 0.25) is 5.13 Å². The third kappa shape index (κ3) is 2.29. The molecule has 1 aromatic heterocycles. The number of aromatic nitrogens is 2. The van der Waals surface area contributed by atoms with Crippen LogP contribution in [0.3, 0.4) is 0 Å². The van der Waals surface area contributed by atoms with Gasteiger partial charge in [0.05, 0.1) is 0 Å². The van der Waals surface area contributed by atoms with E-state index in [1.165, 1.54) is 30.4 Å². The molecule has 1 aliphatic carbocycles. The Morgan fingerprint density at radius 2 is 2.24 bits per heavy atom. The highest BCUT2D eigenvalue weighted by molar-refractivity contribution is 7.09. The topological polar surface area (TPSA) is 37.8 Å². The van der Waals surface area contributed by atoms with Gasteiger partial charge in [0.15, 0.2) is 5.82 Å². The molecule has 1 fully saturated rings. The average Bonchev–Trinajstić information content (AvgIpc) is 2.99. The first kappa shape index (κ1) is 10.7. The lowest BCUT2D eigenvalue weighted by molar-refractivity contribution is 0.619. The summed E-state index contributed by atoms with van der Waals surface area (Å²) in [5.41, 5.74) is 1.37. The van der Waals surface area contributed by atoms with Crippen molar-refractivity contribution in [2.45, 2.75) is 25.8 Å². The van der Waals surface area contributed by atoms with E-state index >= 15 is 0 Å². The summed E-state index contributed by atoms with van der Waals surface area (Å²) in [6, 6.07) is 5.64. The van der Waals surface area contributed by atoms with Crippen molar-refractivity contribution in [2.24, 2.45) is 0 Å². The SMILES string of the molecule is Cc1ccc(-c2nsc(NC3CC3)n2)cc1F. The minimum atomic E-state index is -0.214. The van der Waals surface area contributed by atoms with E-state index in [-0.39, 0.29) is 5.82 Å². The molecule has 0 atom stereocenters. The molecule has 88 valence electrons. The highest BCUT2D eigenvalue weighted by Gasteiger charge is 2.22. The molecule has 0 unspecified atom stereocenters. The number of aryl methyl sites for hydroxylation is 1. The van der Waals surface area contributed by atoms with Crippen molar-refractivity contribution in [2.75, 3.05) is 5.32 Å². The largest absolute Gasteiger partial charge is 0.358 e. The molecule has 1 saturated carbocycles. The summed E-state index contributed by atoms with van der Waals surface area (Å²) in [6.45, 7) is 1.74. The molecule has 1 N–H and O–H groups in total. The second-order valence-corrected chi connectivity index (χ2v) is 5.06. The molecule has 17 heavy (non-hydrogen) atoms. The zero-order chi connectivity index (χ0) is 11.8. The Bertz CT molecular complexity index is 548. The number of anilines is 1. The van der Waals surface area contributed by atoms with E-state index in [9.17, 15) is 4.39 Å². The van der Waals surface area contributed by atoms with Gasteiger partial charge in [-0.25, -0.2) is 4.39 Å². The van der Waals surface area contributed by atoms with E-state index in [0.29, 0.717) is 17.4 Å². The van der Waals surface area contributed by atoms with Crippen molar-refractivity contribution in [1.29, 1.82) is 0 Å². The van der Waals surface area contributed by atoms with Gasteiger partial charge in [-0.1, -0.05) is 12.1 Å². The number of nitrogens with zero attached hydrogens (tertiary/aromatic N) is 2. The van der Waals surface area contributed by atoms with E-state index < -0.39 is 0 Å². The zero-order valence-corrected chi connectivity index (χ0v) is 10.2. The fourth-order valence-corrected chi connectivity index (χ4v) is 2.20. The van der Waals surface area contributed by atoms with Gasteiger partial charge in [-0.15, -0.1) is 0 Å². The van der Waals surface area contributed by atoms with E-state index in [4.69, 9.17) is 0 Å². The van der Waals surface area contributed by atoms with Crippen LogP contribution in [0.4, 0.5) is 9.52 Å². The molecule has 0 bridgehead atoms. The normalized spacial score (nSPS) is 14.9. The molecule has 1 aromatic carbocycles. The van der Waals surface area contributed by atoms with Crippen LogP contribution in [-0.2, 0) is 0 Å². The number of benzene rings is 1. The molecule has 0 aliphatic heterocycles. The van der Waals surface area contributed by atoms with Crippen LogP contribution in [0.1, 0.15) is 18.4 Å². The second-order valence-electron chi connectivity index (χ2n) is 4.31. The monoisotopic (exact) mass is 249 g/mol. The lowest BCUT2D eigenvalue weighted by Crippen LogP contribution is -1.99. The quantitative estimate of drug-likeness (QED) is 0.907. The van der Waals surface area contributed by atoms with Gasteiger partial charge in [0.25, 0.3) is 0 Å². The third-order valence-electron chi connectivity index (χ3n) is 2.76.